The second kappa shape index (κ2) is 9.91. The van der Waals surface area contributed by atoms with E-state index in [1.165, 1.54) is 16.4 Å². The molecular formula is C20H25ClN2O4S. The maximum absolute atomic E-state index is 12.5. The van der Waals surface area contributed by atoms with Gasteiger partial charge in [0.25, 0.3) is 5.91 Å². The molecule has 152 valence electrons. The van der Waals surface area contributed by atoms with Gasteiger partial charge in [-0.3, -0.25) is 4.79 Å². The quantitative estimate of drug-likeness (QED) is 0.655. The minimum Gasteiger partial charge on any atom is -0.481 e. The summed E-state index contributed by atoms with van der Waals surface area (Å²) < 4.78 is 32.1. The lowest BCUT2D eigenvalue weighted by atomic mass is 10.2. The van der Waals surface area contributed by atoms with Crippen molar-refractivity contribution in [3.63, 3.8) is 0 Å². The number of hydrogen-bond donors (Lipinski definition) is 1. The second-order valence-electron chi connectivity index (χ2n) is 6.07. The molecule has 2 aromatic rings. The van der Waals surface area contributed by atoms with Gasteiger partial charge in [0.1, 0.15) is 5.75 Å². The van der Waals surface area contributed by atoms with E-state index in [4.69, 9.17) is 16.3 Å². The van der Waals surface area contributed by atoms with E-state index in [0.29, 0.717) is 36.0 Å². The Bertz CT molecular complexity index is 879. The number of carbonyl (C=O) groups is 1. The molecule has 0 fully saturated rings. The standard InChI is InChI=1S/C20H25ClN2O4S/c1-4-19(27-17-11-7-15(21)8-12-17)20(24)22-16-9-13-18(14-10-16)28(25,26)23(5-2)6-3/h7-14,19H,4-6H2,1-3H3,(H,22,24). The molecule has 1 atom stereocenters. The third-order valence-corrected chi connectivity index (χ3v) is 6.54. The predicted octanol–water partition coefficient (Wildman–Crippen LogP) is 4.17. The Balaban J connectivity index is 2.07. The fourth-order valence-corrected chi connectivity index (χ4v) is 4.23. The summed E-state index contributed by atoms with van der Waals surface area (Å²) in [6, 6.07) is 12.9. The molecule has 28 heavy (non-hydrogen) atoms. The summed E-state index contributed by atoms with van der Waals surface area (Å²) in [7, 11) is -3.53. The minimum atomic E-state index is -3.53. The smallest absolute Gasteiger partial charge is 0.265 e. The summed E-state index contributed by atoms with van der Waals surface area (Å²) in [5, 5.41) is 3.35. The Morgan fingerprint density at radius 3 is 2.11 bits per heavy atom. The topological polar surface area (TPSA) is 75.7 Å². The molecule has 2 aromatic carbocycles. The highest BCUT2D eigenvalue weighted by atomic mass is 35.5. The summed E-state index contributed by atoms with van der Waals surface area (Å²) in [4.78, 5) is 12.7. The van der Waals surface area contributed by atoms with Crippen LogP contribution in [0.3, 0.4) is 0 Å². The lowest BCUT2D eigenvalue weighted by Crippen LogP contribution is -2.32. The molecule has 0 aliphatic carbocycles. The molecule has 2 rings (SSSR count). The van der Waals surface area contributed by atoms with E-state index in [-0.39, 0.29) is 10.8 Å². The van der Waals surface area contributed by atoms with Crippen LogP contribution >= 0.6 is 11.6 Å². The summed E-state index contributed by atoms with van der Waals surface area (Å²) >= 11 is 5.85. The fourth-order valence-electron chi connectivity index (χ4n) is 2.65. The Morgan fingerprint density at radius 2 is 1.61 bits per heavy atom. The molecule has 8 heteroatoms. The van der Waals surface area contributed by atoms with Gasteiger partial charge in [0.2, 0.25) is 10.0 Å². The predicted molar refractivity (Wildman–Crippen MR) is 111 cm³/mol. The van der Waals surface area contributed by atoms with Gasteiger partial charge in [0.05, 0.1) is 4.90 Å². The van der Waals surface area contributed by atoms with Crippen LogP contribution in [-0.4, -0.2) is 37.8 Å². The molecule has 0 aliphatic rings. The highest BCUT2D eigenvalue weighted by Gasteiger charge is 2.22. The molecule has 0 aromatic heterocycles. The van der Waals surface area contributed by atoms with Crippen LogP contribution in [0, 0.1) is 0 Å². The largest absolute Gasteiger partial charge is 0.481 e. The van der Waals surface area contributed by atoms with Crippen molar-refractivity contribution < 1.29 is 17.9 Å². The molecule has 0 aliphatic heterocycles. The Labute approximate surface area is 171 Å². The molecule has 0 heterocycles. The number of halogens is 1. The Hall–Kier alpha value is -2.09. The van der Waals surface area contributed by atoms with Crippen LogP contribution in [0.1, 0.15) is 27.2 Å². The normalized spacial score (nSPS) is 12.6. The van der Waals surface area contributed by atoms with Gasteiger partial charge in [-0.2, -0.15) is 4.31 Å². The number of anilines is 1. The van der Waals surface area contributed by atoms with E-state index >= 15 is 0 Å². The van der Waals surface area contributed by atoms with Gasteiger partial charge in [-0.15, -0.1) is 0 Å². The van der Waals surface area contributed by atoms with Gasteiger partial charge in [-0.05, 0) is 55.0 Å². The lowest BCUT2D eigenvalue weighted by molar-refractivity contribution is -0.122. The number of carbonyl (C=O) groups excluding carboxylic acids is 1. The number of sulfonamides is 1. The van der Waals surface area contributed by atoms with Crippen LogP contribution in [0.25, 0.3) is 0 Å². The number of amides is 1. The Kier molecular flexibility index (Phi) is 7.86. The van der Waals surface area contributed by atoms with Gasteiger partial charge < -0.3 is 10.1 Å². The zero-order valence-electron chi connectivity index (χ0n) is 16.2. The molecule has 0 bridgehead atoms. The van der Waals surface area contributed by atoms with E-state index in [1.54, 1.807) is 50.2 Å². The molecule has 6 nitrogen and oxygen atoms in total. The summed E-state index contributed by atoms with van der Waals surface area (Å²) in [6.07, 6.45) is -0.205. The molecule has 0 spiro atoms. The molecule has 0 saturated heterocycles. The van der Waals surface area contributed by atoms with Crippen molar-refractivity contribution in [2.45, 2.75) is 38.2 Å². The first kappa shape index (κ1) is 22.2. The van der Waals surface area contributed by atoms with Crippen molar-refractivity contribution in [2.75, 3.05) is 18.4 Å². The van der Waals surface area contributed by atoms with Crippen LogP contribution < -0.4 is 10.1 Å². The zero-order chi connectivity index (χ0) is 20.7. The third kappa shape index (κ3) is 5.47. The van der Waals surface area contributed by atoms with Crippen LogP contribution in [0.4, 0.5) is 5.69 Å². The van der Waals surface area contributed by atoms with Crippen LogP contribution in [-0.2, 0) is 14.8 Å². The SMILES string of the molecule is CCC(Oc1ccc(Cl)cc1)C(=O)Nc1ccc(S(=O)(=O)N(CC)CC)cc1. The van der Waals surface area contributed by atoms with Gasteiger partial charge >= 0.3 is 0 Å². The fraction of sp³-hybridized carbons (Fsp3) is 0.350. The van der Waals surface area contributed by atoms with Gasteiger partial charge in [0.15, 0.2) is 6.10 Å². The van der Waals surface area contributed by atoms with Crippen molar-refractivity contribution >= 4 is 33.2 Å². The number of benzene rings is 2. The van der Waals surface area contributed by atoms with Crippen LogP contribution in [0.2, 0.25) is 5.02 Å². The number of rotatable bonds is 9. The highest BCUT2D eigenvalue weighted by Crippen LogP contribution is 2.20. The van der Waals surface area contributed by atoms with Crippen molar-refractivity contribution in [3.05, 3.63) is 53.6 Å². The van der Waals surface area contributed by atoms with Crippen molar-refractivity contribution in [1.82, 2.24) is 4.31 Å². The zero-order valence-corrected chi connectivity index (χ0v) is 17.8. The summed E-state index contributed by atoms with van der Waals surface area (Å²) in [5.74, 6) is 0.240. The van der Waals surface area contributed by atoms with E-state index in [1.807, 2.05) is 6.92 Å². The molecule has 0 radical (unpaired) electrons. The summed E-state index contributed by atoms with van der Waals surface area (Å²) in [6.45, 7) is 6.23. The van der Waals surface area contributed by atoms with Gasteiger partial charge in [-0.1, -0.05) is 32.4 Å². The van der Waals surface area contributed by atoms with E-state index in [2.05, 4.69) is 5.32 Å². The average Bonchev–Trinajstić information content (AvgIpc) is 2.68. The maximum atomic E-state index is 12.5. The van der Waals surface area contributed by atoms with Crippen molar-refractivity contribution in [1.29, 1.82) is 0 Å². The molecule has 1 amide bonds. The Morgan fingerprint density at radius 1 is 1.04 bits per heavy atom. The van der Waals surface area contributed by atoms with E-state index < -0.39 is 16.1 Å². The number of nitrogens with zero attached hydrogens (tertiary/aromatic N) is 1. The van der Waals surface area contributed by atoms with E-state index in [0.717, 1.165) is 0 Å². The number of hydrogen-bond acceptors (Lipinski definition) is 4. The molecule has 1 N–H and O–H groups in total. The monoisotopic (exact) mass is 424 g/mol. The van der Waals surface area contributed by atoms with Gasteiger partial charge in [0, 0.05) is 23.8 Å². The average molecular weight is 425 g/mol. The number of nitrogens with one attached hydrogen (secondary N) is 1. The minimum absolute atomic E-state index is 0.193. The highest BCUT2D eigenvalue weighted by molar-refractivity contribution is 7.89. The van der Waals surface area contributed by atoms with Crippen molar-refractivity contribution in [2.24, 2.45) is 0 Å². The molecule has 0 saturated carbocycles. The molecular weight excluding hydrogens is 400 g/mol. The lowest BCUT2D eigenvalue weighted by Gasteiger charge is -2.19. The van der Waals surface area contributed by atoms with Crippen molar-refractivity contribution in [3.8, 4) is 5.75 Å². The van der Waals surface area contributed by atoms with Crippen LogP contribution in [0.5, 0.6) is 5.75 Å². The maximum Gasteiger partial charge on any atom is 0.265 e. The second-order valence-corrected chi connectivity index (χ2v) is 8.45. The third-order valence-electron chi connectivity index (χ3n) is 4.22. The first-order chi connectivity index (χ1) is 13.3. The first-order valence-corrected chi connectivity index (χ1v) is 11.0. The molecule has 1 unspecified atom stereocenters. The summed E-state index contributed by atoms with van der Waals surface area (Å²) in [5.41, 5.74) is 0.502. The van der Waals surface area contributed by atoms with Crippen LogP contribution in [0.15, 0.2) is 53.4 Å². The van der Waals surface area contributed by atoms with Gasteiger partial charge in [-0.25, -0.2) is 8.42 Å². The van der Waals surface area contributed by atoms with E-state index in [9.17, 15) is 13.2 Å². The number of ether oxygens (including phenoxy) is 1. The first-order valence-electron chi connectivity index (χ1n) is 9.15.